The Kier molecular flexibility index (Phi) is 5.40. The summed E-state index contributed by atoms with van der Waals surface area (Å²) >= 11 is 0. The Morgan fingerprint density at radius 3 is 2.46 bits per heavy atom. The molecular formula is C22H25F2N3O. The Balaban J connectivity index is 1.41. The van der Waals surface area contributed by atoms with Gasteiger partial charge in [-0.15, -0.1) is 0 Å². The van der Waals surface area contributed by atoms with Crippen molar-refractivity contribution < 1.29 is 13.6 Å². The van der Waals surface area contributed by atoms with Gasteiger partial charge in [-0.2, -0.15) is 0 Å². The van der Waals surface area contributed by atoms with Crippen LogP contribution in [0, 0.1) is 11.6 Å². The summed E-state index contributed by atoms with van der Waals surface area (Å²) in [5, 5.41) is 0. The van der Waals surface area contributed by atoms with E-state index in [0.29, 0.717) is 43.1 Å². The van der Waals surface area contributed by atoms with Gasteiger partial charge < -0.3 is 9.80 Å². The number of likely N-dealkylation sites (tertiary alicyclic amines) is 2. The molecule has 3 heterocycles. The van der Waals surface area contributed by atoms with Crippen molar-refractivity contribution in [2.45, 2.75) is 31.1 Å². The van der Waals surface area contributed by atoms with Crippen molar-refractivity contribution >= 4 is 5.91 Å². The van der Waals surface area contributed by atoms with Crippen molar-refractivity contribution in [3.05, 3.63) is 65.0 Å². The van der Waals surface area contributed by atoms with Crippen LogP contribution in [0.4, 0.5) is 8.78 Å². The molecule has 2 aliphatic rings. The number of rotatable bonds is 3. The molecule has 1 amide bonds. The van der Waals surface area contributed by atoms with E-state index in [0.717, 1.165) is 31.3 Å². The second kappa shape index (κ2) is 7.95. The molecule has 2 aliphatic heterocycles. The summed E-state index contributed by atoms with van der Waals surface area (Å²) in [6.07, 6.45) is 2.40. The van der Waals surface area contributed by atoms with Crippen LogP contribution in [0.5, 0.6) is 0 Å². The average molecular weight is 385 g/mol. The zero-order chi connectivity index (χ0) is 19.7. The molecule has 0 radical (unpaired) electrons. The predicted molar refractivity (Wildman–Crippen MR) is 103 cm³/mol. The Morgan fingerprint density at radius 1 is 1.04 bits per heavy atom. The topological polar surface area (TPSA) is 36.4 Å². The first kappa shape index (κ1) is 19.0. The normalized spacial score (nSPS) is 21.2. The number of amides is 1. The molecule has 0 spiro atoms. The predicted octanol–water partition coefficient (Wildman–Crippen LogP) is 3.80. The Bertz CT molecular complexity index is 865. The van der Waals surface area contributed by atoms with Crippen molar-refractivity contribution in [1.82, 2.24) is 14.8 Å². The summed E-state index contributed by atoms with van der Waals surface area (Å²) in [5.74, 6) is -0.733. The summed E-state index contributed by atoms with van der Waals surface area (Å²) in [6.45, 7) is 3.13. The molecule has 148 valence electrons. The number of hydrogen-bond acceptors (Lipinski definition) is 3. The largest absolute Gasteiger partial charge is 0.337 e. The highest BCUT2D eigenvalue weighted by Crippen LogP contribution is 2.31. The van der Waals surface area contributed by atoms with E-state index in [9.17, 15) is 13.6 Å². The van der Waals surface area contributed by atoms with E-state index in [4.69, 9.17) is 0 Å². The lowest BCUT2D eigenvalue weighted by Crippen LogP contribution is -2.38. The molecule has 0 saturated carbocycles. The summed E-state index contributed by atoms with van der Waals surface area (Å²) < 4.78 is 27.2. The van der Waals surface area contributed by atoms with Crippen LogP contribution in [-0.2, 0) is 0 Å². The van der Waals surface area contributed by atoms with Gasteiger partial charge in [-0.3, -0.25) is 4.79 Å². The van der Waals surface area contributed by atoms with Gasteiger partial charge >= 0.3 is 0 Å². The van der Waals surface area contributed by atoms with Crippen LogP contribution >= 0.6 is 0 Å². The number of aromatic nitrogens is 1. The second-order valence-corrected chi connectivity index (χ2v) is 7.93. The van der Waals surface area contributed by atoms with Crippen molar-refractivity contribution in [3.8, 4) is 0 Å². The van der Waals surface area contributed by atoms with E-state index in [2.05, 4.69) is 16.9 Å². The standard InChI is InChI=1S/C22H25F2N3O/c1-26-10-7-16(14-26)20-3-2-4-21(25-20)22(28)27-11-8-15(9-12-27)18-6-5-17(23)13-19(18)24/h2-6,13,15-16H,7-12,14H2,1H3. The number of halogens is 2. The fourth-order valence-corrected chi connectivity index (χ4v) is 4.36. The number of benzene rings is 1. The number of carbonyl (C=O) groups excluding carboxylic acids is 1. The molecule has 1 atom stereocenters. The van der Waals surface area contributed by atoms with Gasteiger partial charge in [0.15, 0.2) is 0 Å². The van der Waals surface area contributed by atoms with Crippen LogP contribution < -0.4 is 0 Å². The average Bonchev–Trinajstić information content (AvgIpc) is 3.14. The van der Waals surface area contributed by atoms with E-state index in [1.807, 2.05) is 12.1 Å². The summed E-state index contributed by atoms with van der Waals surface area (Å²) in [4.78, 5) is 21.6. The molecule has 1 aromatic heterocycles. The Morgan fingerprint density at radius 2 is 1.79 bits per heavy atom. The molecular weight excluding hydrogens is 360 g/mol. The van der Waals surface area contributed by atoms with Crippen molar-refractivity contribution in [2.24, 2.45) is 0 Å². The maximum atomic E-state index is 14.0. The number of likely N-dealkylation sites (N-methyl/N-ethyl adjacent to an activating group) is 1. The number of piperidine rings is 1. The smallest absolute Gasteiger partial charge is 0.272 e. The zero-order valence-electron chi connectivity index (χ0n) is 16.1. The highest BCUT2D eigenvalue weighted by Gasteiger charge is 2.28. The molecule has 28 heavy (non-hydrogen) atoms. The van der Waals surface area contributed by atoms with E-state index < -0.39 is 11.6 Å². The third-order valence-corrected chi connectivity index (χ3v) is 5.98. The SMILES string of the molecule is CN1CCC(c2cccc(C(=O)N3CCC(c4ccc(F)cc4F)CC3)n2)C1. The number of hydrogen-bond donors (Lipinski definition) is 0. The highest BCUT2D eigenvalue weighted by molar-refractivity contribution is 5.92. The van der Waals surface area contributed by atoms with E-state index in [-0.39, 0.29) is 11.8 Å². The molecule has 2 aromatic rings. The van der Waals surface area contributed by atoms with Gasteiger partial charge in [0.05, 0.1) is 0 Å². The van der Waals surface area contributed by atoms with Crippen LogP contribution in [0.1, 0.15) is 52.8 Å². The molecule has 4 nitrogen and oxygen atoms in total. The third-order valence-electron chi connectivity index (χ3n) is 5.98. The molecule has 1 aromatic carbocycles. The minimum atomic E-state index is -0.562. The van der Waals surface area contributed by atoms with Gasteiger partial charge in [-0.1, -0.05) is 12.1 Å². The Hall–Kier alpha value is -2.34. The zero-order valence-corrected chi connectivity index (χ0v) is 16.1. The first-order valence-corrected chi connectivity index (χ1v) is 9.91. The molecule has 2 saturated heterocycles. The first-order valence-electron chi connectivity index (χ1n) is 9.91. The number of pyridine rings is 1. The van der Waals surface area contributed by atoms with E-state index >= 15 is 0 Å². The van der Waals surface area contributed by atoms with E-state index in [1.165, 1.54) is 12.1 Å². The molecule has 1 unspecified atom stereocenters. The monoisotopic (exact) mass is 385 g/mol. The molecule has 0 N–H and O–H groups in total. The summed E-state index contributed by atoms with van der Waals surface area (Å²) in [5.41, 5.74) is 2.01. The minimum absolute atomic E-state index is 0.0120. The minimum Gasteiger partial charge on any atom is -0.337 e. The van der Waals surface area contributed by atoms with E-state index in [1.54, 1.807) is 11.0 Å². The van der Waals surface area contributed by atoms with Gasteiger partial charge in [0, 0.05) is 37.3 Å². The number of carbonyl (C=O) groups is 1. The van der Waals surface area contributed by atoms with Crippen molar-refractivity contribution in [3.63, 3.8) is 0 Å². The second-order valence-electron chi connectivity index (χ2n) is 7.93. The van der Waals surface area contributed by atoms with Crippen LogP contribution in [0.25, 0.3) is 0 Å². The molecule has 0 bridgehead atoms. The van der Waals surface area contributed by atoms with Crippen LogP contribution in [-0.4, -0.2) is 53.9 Å². The van der Waals surface area contributed by atoms with Gasteiger partial charge in [0.2, 0.25) is 0 Å². The molecule has 6 heteroatoms. The van der Waals surface area contributed by atoms with Crippen LogP contribution in [0.2, 0.25) is 0 Å². The van der Waals surface area contributed by atoms with Crippen LogP contribution in [0.15, 0.2) is 36.4 Å². The first-order chi connectivity index (χ1) is 13.5. The lowest BCUT2D eigenvalue weighted by atomic mass is 9.89. The number of nitrogens with zero attached hydrogens (tertiary/aromatic N) is 3. The lowest BCUT2D eigenvalue weighted by Gasteiger charge is -2.32. The lowest BCUT2D eigenvalue weighted by molar-refractivity contribution is 0.0706. The maximum absolute atomic E-state index is 14.0. The van der Waals surface area contributed by atoms with Gasteiger partial charge in [0.1, 0.15) is 17.3 Å². The summed E-state index contributed by atoms with van der Waals surface area (Å²) in [6, 6.07) is 9.44. The fourth-order valence-electron chi connectivity index (χ4n) is 4.36. The molecule has 2 fully saturated rings. The maximum Gasteiger partial charge on any atom is 0.272 e. The van der Waals surface area contributed by atoms with Gasteiger partial charge in [-0.25, -0.2) is 13.8 Å². The van der Waals surface area contributed by atoms with Crippen molar-refractivity contribution in [1.29, 1.82) is 0 Å². The third kappa shape index (κ3) is 3.92. The molecule has 4 rings (SSSR count). The van der Waals surface area contributed by atoms with Gasteiger partial charge in [-0.05, 0) is 62.5 Å². The fraction of sp³-hybridized carbons (Fsp3) is 0.455. The summed E-state index contributed by atoms with van der Waals surface area (Å²) in [7, 11) is 2.10. The Labute approximate surface area is 164 Å². The highest BCUT2D eigenvalue weighted by atomic mass is 19.1. The molecule has 0 aliphatic carbocycles. The van der Waals surface area contributed by atoms with Crippen LogP contribution in [0.3, 0.4) is 0 Å². The quantitative estimate of drug-likeness (QED) is 0.806. The van der Waals surface area contributed by atoms with Crippen molar-refractivity contribution in [2.75, 3.05) is 33.2 Å². The van der Waals surface area contributed by atoms with Gasteiger partial charge in [0.25, 0.3) is 5.91 Å².